The average molecular weight is 354 g/mol. The van der Waals surface area contributed by atoms with Crippen LogP contribution in [0.1, 0.15) is 38.8 Å². The van der Waals surface area contributed by atoms with Gasteiger partial charge in [0.2, 0.25) is 5.91 Å². The number of nitrogens with one attached hydrogen (secondary N) is 2. The Morgan fingerprint density at radius 2 is 1.73 bits per heavy atom. The molecule has 0 saturated heterocycles. The summed E-state index contributed by atoms with van der Waals surface area (Å²) in [5, 5.41) is 5.49. The van der Waals surface area contributed by atoms with Gasteiger partial charge in [-0.25, -0.2) is 4.79 Å². The minimum absolute atomic E-state index is 0.0689. The second-order valence-electron chi connectivity index (χ2n) is 5.87. The van der Waals surface area contributed by atoms with Gasteiger partial charge in [0.1, 0.15) is 0 Å². The van der Waals surface area contributed by atoms with E-state index in [2.05, 4.69) is 10.6 Å². The lowest BCUT2D eigenvalue weighted by molar-refractivity contribution is -0.118. The number of aryl methyl sites for hydroxylation is 1. The van der Waals surface area contributed by atoms with Crippen LogP contribution in [0.5, 0.6) is 0 Å². The number of carbonyl (C=O) groups is 3. The molecule has 0 fully saturated rings. The molecule has 26 heavy (non-hydrogen) atoms. The van der Waals surface area contributed by atoms with Gasteiger partial charge in [-0.2, -0.15) is 0 Å². The van der Waals surface area contributed by atoms with Crippen LogP contribution in [0.2, 0.25) is 0 Å². The molecule has 0 spiro atoms. The normalized spacial score (nSPS) is 10.1. The number of hydrogen-bond acceptors (Lipinski definition) is 4. The Bertz CT molecular complexity index is 813. The van der Waals surface area contributed by atoms with E-state index in [9.17, 15) is 14.4 Å². The van der Waals surface area contributed by atoms with E-state index in [-0.39, 0.29) is 11.8 Å². The van der Waals surface area contributed by atoms with Crippen molar-refractivity contribution >= 4 is 23.5 Å². The highest BCUT2D eigenvalue weighted by Crippen LogP contribution is 2.21. The van der Waals surface area contributed by atoms with Crippen LogP contribution in [0.3, 0.4) is 0 Å². The van der Waals surface area contributed by atoms with Gasteiger partial charge in [-0.3, -0.25) is 9.59 Å². The van der Waals surface area contributed by atoms with Crippen LogP contribution in [0, 0.1) is 6.92 Å². The van der Waals surface area contributed by atoms with E-state index < -0.39 is 5.97 Å². The molecule has 0 aromatic heterocycles. The topological polar surface area (TPSA) is 84.5 Å². The molecule has 6 heteroatoms. The summed E-state index contributed by atoms with van der Waals surface area (Å²) < 4.78 is 4.79. The molecule has 6 nitrogen and oxygen atoms in total. The van der Waals surface area contributed by atoms with Gasteiger partial charge in [-0.1, -0.05) is 24.3 Å². The Kier molecular flexibility index (Phi) is 6.49. The molecule has 2 amide bonds. The zero-order chi connectivity index (χ0) is 19.1. The summed E-state index contributed by atoms with van der Waals surface area (Å²) in [6, 6.07) is 12.3. The lowest BCUT2D eigenvalue weighted by Crippen LogP contribution is -2.22. The maximum absolute atomic E-state index is 12.5. The SMILES string of the molecule is COC(=O)c1c(C)cccc1NC(=O)c1ccc(CCNC(C)=O)cc1. The molecular weight excluding hydrogens is 332 g/mol. The van der Waals surface area contributed by atoms with Crippen LogP contribution in [-0.4, -0.2) is 31.4 Å². The van der Waals surface area contributed by atoms with Crippen LogP contribution in [0.25, 0.3) is 0 Å². The molecule has 0 aliphatic rings. The number of anilines is 1. The van der Waals surface area contributed by atoms with E-state index >= 15 is 0 Å². The summed E-state index contributed by atoms with van der Waals surface area (Å²) >= 11 is 0. The summed E-state index contributed by atoms with van der Waals surface area (Å²) in [7, 11) is 1.31. The molecular formula is C20H22N2O4. The summed E-state index contributed by atoms with van der Waals surface area (Å²) in [4.78, 5) is 35.3. The van der Waals surface area contributed by atoms with Gasteiger partial charge < -0.3 is 15.4 Å². The number of amides is 2. The Labute approximate surface area is 152 Å². The molecule has 0 atom stereocenters. The molecule has 2 rings (SSSR count). The second-order valence-corrected chi connectivity index (χ2v) is 5.87. The van der Waals surface area contributed by atoms with E-state index in [1.54, 1.807) is 37.3 Å². The quantitative estimate of drug-likeness (QED) is 0.781. The average Bonchev–Trinajstić information content (AvgIpc) is 2.61. The van der Waals surface area contributed by atoms with Crippen LogP contribution in [0.15, 0.2) is 42.5 Å². The third kappa shape index (κ3) is 4.92. The first-order valence-corrected chi connectivity index (χ1v) is 8.25. The van der Waals surface area contributed by atoms with Crippen molar-refractivity contribution in [1.82, 2.24) is 5.32 Å². The highest BCUT2D eigenvalue weighted by molar-refractivity contribution is 6.08. The van der Waals surface area contributed by atoms with E-state index in [0.717, 1.165) is 11.1 Å². The van der Waals surface area contributed by atoms with Gasteiger partial charge in [0, 0.05) is 19.0 Å². The maximum atomic E-state index is 12.5. The predicted molar refractivity (Wildman–Crippen MR) is 99.3 cm³/mol. The fourth-order valence-corrected chi connectivity index (χ4v) is 2.55. The summed E-state index contributed by atoms with van der Waals surface area (Å²) in [6.07, 6.45) is 0.686. The lowest BCUT2D eigenvalue weighted by Gasteiger charge is -2.12. The minimum atomic E-state index is -0.494. The van der Waals surface area contributed by atoms with Crippen molar-refractivity contribution < 1.29 is 19.1 Å². The molecule has 0 aliphatic heterocycles. The maximum Gasteiger partial charge on any atom is 0.340 e. The predicted octanol–water partition coefficient (Wildman–Crippen LogP) is 2.71. The van der Waals surface area contributed by atoms with Crippen molar-refractivity contribution in [2.75, 3.05) is 19.0 Å². The van der Waals surface area contributed by atoms with Gasteiger partial charge in [0.25, 0.3) is 5.91 Å². The molecule has 136 valence electrons. The number of methoxy groups -OCH3 is 1. The zero-order valence-electron chi connectivity index (χ0n) is 15.1. The summed E-state index contributed by atoms with van der Waals surface area (Å²) in [5.41, 5.74) is 2.97. The van der Waals surface area contributed by atoms with Crippen LogP contribution < -0.4 is 10.6 Å². The van der Waals surface area contributed by atoms with Gasteiger partial charge in [0.05, 0.1) is 18.4 Å². The van der Waals surface area contributed by atoms with E-state index in [4.69, 9.17) is 4.74 Å². The van der Waals surface area contributed by atoms with E-state index in [0.29, 0.717) is 29.8 Å². The molecule has 2 aromatic carbocycles. The van der Waals surface area contributed by atoms with Crippen molar-refractivity contribution in [3.8, 4) is 0 Å². The number of benzene rings is 2. The third-order valence-corrected chi connectivity index (χ3v) is 3.91. The van der Waals surface area contributed by atoms with Crippen LogP contribution >= 0.6 is 0 Å². The van der Waals surface area contributed by atoms with E-state index in [1.165, 1.54) is 14.0 Å². The van der Waals surface area contributed by atoms with Crippen LogP contribution in [0.4, 0.5) is 5.69 Å². The Balaban J connectivity index is 2.10. The number of esters is 1. The molecule has 0 heterocycles. The first-order chi connectivity index (χ1) is 12.4. The van der Waals surface area contributed by atoms with Gasteiger partial charge in [0.15, 0.2) is 0 Å². The second kappa shape index (κ2) is 8.80. The fraction of sp³-hybridized carbons (Fsp3) is 0.250. The third-order valence-electron chi connectivity index (χ3n) is 3.91. The van der Waals surface area contributed by atoms with Crippen molar-refractivity contribution in [3.05, 3.63) is 64.7 Å². The van der Waals surface area contributed by atoms with Gasteiger partial charge >= 0.3 is 5.97 Å². The Morgan fingerprint density at radius 3 is 2.35 bits per heavy atom. The standard InChI is InChI=1S/C20H22N2O4/c1-13-5-4-6-17(18(13)20(25)26-3)22-19(24)16-9-7-15(8-10-16)11-12-21-14(2)23/h4-10H,11-12H2,1-3H3,(H,21,23)(H,22,24). The lowest BCUT2D eigenvalue weighted by atomic mass is 10.1. The Morgan fingerprint density at radius 1 is 1.04 bits per heavy atom. The number of rotatable bonds is 6. The first kappa shape index (κ1) is 19.2. The molecule has 0 unspecified atom stereocenters. The minimum Gasteiger partial charge on any atom is -0.465 e. The highest BCUT2D eigenvalue weighted by Gasteiger charge is 2.17. The number of ether oxygens (including phenoxy) is 1. The molecule has 0 bridgehead atoms. The van der Waals surface area contributed by atoms with Crippen molar-refractivity contribution in [2.45, 2.75) is 20.3 Å². The van der Waals surface area contributed by atoms with Gasteiger partial charge in [-0.15, -0.1) is 0 Å². The largest absolute Gasteiger partial charge is 0.465 e. The van der Waals surface area contributed by atoms with E-state index in [1.807, 2.05) is 12.1 Å². The Hall–Kier alpha value is -3.15. The first-order valence-electron chi connectivity index (χ1n) is 8.25. The van der Waals surface area contributed by atoms with Crippen molar-refractivity contribution in [3.63, 3.8) is 0 Å². The van der Waals surface area contributed by atoms with Crippen molar-refractivity contribution in [2.24, 2.45) is 0 Å². The van der Waals surface area contributed by atoms with Crippen LogP contribution in [-0.2, 0) is 16.0 Å². The molecule has 2 N–H and O–H groups in total. The number of hydrogen-bond donors (Lipinski definition) is 2. The molecule has 0 saturated carbocycles. The van der Waals surface area contributed by atoms with Gasteiger partial charge in [-0.05, 0) is 42.7 Å². The molecule has 0 radical (unpaired) electrons. The fourth-order valence-electron chi connectivity index (χ4n) is 2.55. The smallest absolute Gasteiger partial charge is 0.340 e. The molecule has 2 aromatic rings. The summed E-state index contributed by atoms with van der Waals surface area (Å²) in [5.74, 6) is -0.874. The molecule has 0 aliphatic carbocycles. The number of carbonyl (C=O) groups excluding carboxylic acids is 3. The monoisotopic (exact) mass is 354 g/mol. The summed E-state index contributed by atoms with van der Waals surface area (Å²) in [6.45, 7) is 3.81. The zero-order valence-corrected chi connectivity index (χ0v) is 15.1. The highest BCUT2D eigenvalue weighted by atomic mass is 16.5. The van der Waals surface area contributed by atoms with Crippen molar-refractivity contribution in [1.29, 1.82) is 0 Å².